The summed E-state index contributed by atoms with van der Waals surface area (Å²) in [4.78, 5) is 2.25. The van der Waals surface area contributed by atoms with Crippen LogP contribution < -0.4 is 14.8 Å². The van der Waals surface area contributed by atoms with Gasteiger partial charge < -0.3 is 19.7 Å². The molecule has 0 saturated carbocycles. The molecule has 20 heavy (non-hydrogen) atoms. The Kier molecular flexibility index (Phi) is 5.13. The quantitative estimate of drug-likeness (QED) is 0.875. The molecule has 0 amide bonds. The van der Waals surface area contributed by atoms with Gasteiger partial charge in [0.25, 0.3) is 0 Å². The highest BCUT2D eigenvalue weighted by molar-refractivity contribution is 6.32. The van der Waals surface area contributed by atoms with Crippen molar-refractivity contribution in [3.05, 3.63) is 22.7 Å². The Hall–Kier alpha value is -0.970. The standard InChI is InChI=1S/C15H23ClN2O2/c1-10(2)13(18(3)4)8-17-7-11-5-12(16)15-14(6-11)19-9-20-15/h5-6,10,13,17H,7-9H2,1-4H3. The van der Waals surface area contributed by atoms with Gasteiger partial charge in [-0.25, -0.2) is 0 Å². The van der Waals surface area contributed by atoms with Crippen LogP contribution in [0.4, 0.5) is 0 Å². The molecular formula is C15H23ClN2O2. The molecule has 0 spiro atoms. The molecule has 1 aromatic carbocycles. The number of nitrogens with one attached hydrogen (secondary N) is 1. The third kappa shape index (κ3) is 3.57. The third-order valence-corrected chi connectivity index (χ3v) is 3.88. The average molecular weight is 299 g/mol. The minimum Gasteiger partial charge on any atom is -0.454 e. The van der Waals surface area contributed by atoms with Gasteiger partial charge in [-0.1, -0.05) is 25.4 Å². The third-order valence-electron chi connectivity index (χ3n) is 3.60. The predicted octanol–water partition coefficient (Wildman–Crippen LogP) is 2.74. The van der Waals surface area contributed by atoms with Crippen LogP contribution in [0.2, 0.25) is 5.02 Å². The molecule has 4 nitrogen and oxygen atoms in total. The van der Waals surface area contributed by atoms with Gasteiger partial charge in [-0.05, 0) is 37.7 Å². The maximum absolute atomic E-state index is 6.18. The first-order chi connectivity index (χ1) is 9.49. The van der Waals surface area contributed by atoms with E-state index in [1.54, 1.807) is 0 Å². The number of rotatable bonds is 6. The van der Waals surface area contributed by atoms with Crippen LogP contribution >= 0.6 is 11.6 Å². The van der Waals surface area contributed by atoms with Crippen molar-refractivity contribution < 1.29 is 9.47 Å². The van der Waals surface area contributed by atoms with Crippen LogP contribution in [0.25, 0.3) is 0 Å². The maximum atomic E-state index is 6.18. The van der Waals surface area contributed by atoms with Crippen molar-refractivity contribution in [2.45, 2.75) is 26.4 Å². The molecule has 1 atom stereocenters. The highest BCUT2D eigenvalue weighted by Gasteiger charge is 2.19. The lowest BCUT2D eigenvalue weighted by Gasteiger charge is -2.28. The minimum atomic E-state index is 0.252. The Morgan fingerprint density at radius 1 is 1.30 bits per heavy atom. The topological polar surface area (TPSA) is 33.7 Å². The number of halogens is 1. The van der Waals surface area contributed by atoms with E-state index in [2.05, 4.69) is 38.2 Å². The highest BCUT2D eigenvalue weighted by atomic mass is 35.5. The van der Waals surface area contributed by atoms with E-state index in [0.717, 1.165) is 24.4 Å². The van der Waals surface area contributed by atoms with E-state index in [-0.39, 0.29) is 6.79 Å². The zero-order chi connectivity index (χ0) is 14.7. The van der Waals surface area contributed by atoms with Gasteiger partial charge in [-0.2, -0.15) is 0 Å². The summed E-state index contributed by atoms with van der Waals surface area (Å²) in [6.07, 6.45) is 0. The lowest BCUT2D eigenvalue weighted by atomic mass is 10.0. The molecule has 1 unspecified atom stereocenters. The second-order valence-electron chi connectivity index (χ2n) is 5.72. The molecule has 2 rings (SSSR count). The van der Waals surface area contributed by atoms with Crippen molar-refractivity contribution in [1.82, 2.24) is 10.2 Å². The molecule has 1 aromatic rings. The zero-order valence-corrected chi connectivity index (χ0v) is 13.3. The van der Waals surface area contributed by atoms with Crippen LogP contribution in [-0.2, 0) is 6.54 Å². The summed E-state index contributed by atoms with van der Waals surface area (Å²) in [5, 5.41) is 4.10. The molecule has 1 N–H and O–H groups in total. The van der Waals surface area contributed by atoms with Crippen LogP contribution in [0.1, 0.15) is 19.4 Å². The van der Waals surface area contributed by atoms with Crippen molar-refractivity contribution in [3.63, 3.8) is 0 Å². The van der Waals surface area contributed by atoms with Crippen LogP contribution in [-0.4, -0.2) is 38.4 Å². The van der Waals surface area contributed by atoms with Gasteiger partial charge >= 0.3 is 0 Å². The number of fused-ring (bicyclic) bond motifs is 1. The van der Waals surface area contributed by atoms with Crippen molar-refractivity contribution in [2.24, 2.45) is 5.92 Å². The first-order valence-corrected chi connectivity index (χ1v) is 7.32. The summed E-state index contributed by atoms with van der Waals surface area (Å²) >= 11 is 6.18. The summed E-state index contributed by atoms with van der Waals surface area (Å²) in [5.41, 5.74) is 1.11. The number of hydrogen-bond acceptors (Lipinski definition) is 4. The smallest absolute Gasteiger partial charge is 0.231 e. The lowest BCUT2D eigenvalue weighted by Crippen LogP contribution is -2.41. The molecule has 0 fully saturated rings. The summed E-state index contributed by atoms with van der Waals surface area (Å²) in [5.74, 6) is 2.00. The molecule has 0 saturated heterocycles. The van der Waals surface area contributed by atoms with Crippen LogP contribution in [0.5, 0.6) is 11.5 Å². The average Bonchev–Trinajstić information content (AvgIpc) is 2.82. The van der Waals surface area contributed by atoms with Crippen molar-refractivity contribution >= 4 is 11.6 Å². The van der Waals surface area contributed by atoms with Crippen LogP contribution in [0, 0.1) is 5.92 Å². The number of hydrogen-bond donors (Lipinski definition) is 1. The predicted molar refractivity (Wildman–Crippen MR) is 81.6 cm³/mol. The Labute approximate surface area is 126 Å². The highest BCUT2D eigenvalue weighted by Crippen LogP contribution is 2.39. The molecular weight excluding hydrogens is 276 g/mol. The van der Waals surface area contributed by atoms with E-state index in [9.17, 15) is 0 Å². The van der Waals surface area contributed by atoms with Gasteiger partial charge in [0, 0.05) is 19.1 Å². The normalized spacial score (nSPS) is 15.2. The number of likely N-dealkylation sites (N-methyl/N-ethyl adjacent to an activating group) is 1. The van der Waals surface area contributed by atoms with Gasteiger partial charge in [0.15, 0.2) is 11.5 Å². The molecule has 0 radical (unpaired) electrons. The van der Waals surface area contributed by atoms with E-state index in [1.165, 1.54) is 0 Å². The second-order valence-corrected chi connectivity index (χ2v) is 6.12. The molecule has 1 heterocycles. The SMILES string of the molecule is CC(C)C(CNCc1cc(Cl)c2c(c1)OCO2)N(C)C. The summed E-state index contributed by atoms with van der Waals surface area (Å²) in [7, 11) is 4.23. The fourth-order valence-corrected chi connectivity index (χ4v) is 2.79. The largest absolute Gasteiger partial charge is 0.454 e. The number of nitrogens with zero attached hydrogens (tertiary/aromatic N) is 1. The van der Waals surface area contributed by atoms with Crippen molar-refractivity contribution in [3.8, 4) is 11.5 Å². The summed E-state index contributed by atoms with van der Waals surface area (Å²) in [6, 6.07) is 4.43. The van der Waals surface area contributed by atoms with Crippen LogP contribution in [0.3, 0.4) is 0 Å². The fourth-order valence-electron chi connectivity index (χ4n) is 2.50. The van der Waals surface area contributed by atoms with E-state index in [0.29, 0.717) is 22.7 Å². The Morgan fingerprint density at radius 2 is 2.05 bits per heavy atom. The maximum Gasteiger partial charge on any atom is 0.231 e. The molecule has 112 valence electrons. The zero-order valence-electron chi connectivity index (χ0n) is 12.6. The number of ether oxygens (including phenoxy) is 2. The molecule has 0 bridgehead atoms. The molecule has 1 aliphatic heterocycles. The number of benzene rings is 1. The van der Waals surface area contributed by atoms with E-state index in [4.69, 9.17) is 21.1 Å². The Morgan fingerprint density at radius 3 is 2.70 bits per heavy atom. The first kappa shape index (κ1) is 15.4. The monoisotopic (exact) mass is 298 g/mol. The summed E-state index contributed by atoms with van der Waals surface area (Å²) in [6.45, 7) is 6.44. The first-order valence-electron chi connectivity index (χ1n) is 6.94. The van der Waals surface area contributed by atoms with E-state index in [1.807, 2.05) is 12.1 Å². The van der Waals surface area contributed by atoms with Gasteiger partial charge in [-0.15, -0.1) is 0 Å². The van der Waals surface area contributed by atoms with Gasteiger partial charge in [0.05, 0.1) is 5.02 Å². The van der Waals surface area contributed by atoms with Crippen molar-refractivity contribution in [2.75, 3.05) is 27.4 Å². The molecule has 0 aromatic heterocycles. The molecule has 1 aliphatic rings. The summed E-state index contributed by atoms with van der Waals surface area (Å²) < 4.78 is 10.7. The fraction of sp³-hybridized carbons (Fsp3) is 0.600. The minimum absolute atomic E-state index is 0.252. The van der Waals surface area contributed by atoms with Gasteiger partial charge in [0.2, 0.25) is 6.79 Å². The van der Waals surface area contributed by atoms with E-state index >= 15 is 0 Å². The Balaban J connectivity index is 1.93. The molecule has 5 heteroatoms. The Bertz CT molecular complexity index is 455. The lowest BCUT2D eigenvalue weighted by molar-refractivity contribution is 0.174. The second kappa shape index (κ2) is 6.66. The molecule has 0 aliphatic carbocycles. The van der Waals surface area contributed by atoms with Crippen molar-refractivity contribution in [1.29, 1.82) is 0 Å². The van der Waals surface area contributed by atoms with Gasteiger partial charge in [-0.3, -0.25) is 0 Å². The van der Waals surface area contributed by atoms with Gasteiger partial charge in [0.1, 0.15) is 0 Å². The van der Waals surface area contributed by atoms with Crippen LogP contribution in [0.15, 0.2) is 12.1 Å². The van der Waals surface area contributed by atoms with E-state index < -0.39 is 0 Å².